The summed E-state index contributed by atoms with van der Waals surface area (Å²) in [7, 11) is 3.37. The molecule has 0 atom stereocenters. The Bertz CT molecular complexity index is 593. The van der Waals surface area contributed by atoms with Crippen LogP contribution in [0.25, 0.3) is 0 Å². The first kappa shape index (κ1) is 12.2. The molecule has 5 heteroatoms. The zero-order valence-electron chi connectivity index (χ0n) is 10.4. The Hall–Kier alpha value is -2.30. The molecule has 0 unspecified atom stereocenters. The molecule has 0 aliphatic rings. The van der Waals surface area contributed by atoms with E-state index in [1.165, 1.54) is 10.7 Å². The van der Waals surface area contributed by atoms with Crippen molar-refractivity contribution in [1.82, 2.24) is 9.78 Å². The molecule has 0 aliphatic carbocycles. The number of nitrogens with zero attached hydrogens (tertiary/aromatic N) is 2. The average Bonchev–Trinajstić information content (AvgIpc) is 2.41. The van der Waals surface area contributed by atoms with Gasteiger partial charge in [0.25, 0.3) is 5.56 Å². The van der Waals surface area contributed by atoms with Gasteiger partial charge in [-0.2, -0.15) is 5.10 Å². The number of anilines is 1. The molecule has 1 heterocycles. The summed E-state index contributed by atoms with van der Waals surface area (Å²) < 4.78 is 6.55. The maximum atomic E-state index is 11.8. The van der Waals surface area contributed by atoms with E-state index in [2.05, 4.69) is 10.4 Å². The van der Waals surface area contributed by atoms with Crippen LogP contribution in [0.4, 0.5) is 5.69 Å². The van der Waals surface area contributed by atoms with Crippen molar-refractivity contribution in [2.45, 2.75) is 6.54 Å². The number of ether oxygens (including phenoxy) is 1. The third kappa shape index (κ3) is 2.68. The molecule has 1 aromatic heterocycles. The van der Waals surface area contributed by atoms with E-state index in [4.69, 9.17) is 4.74 Å². The number of benzene rings is 1. The van der Waals surface area contributed by atoms with Crippen LogP contribution in [-0.4, -0.2) is 23.9 Å². The van der Waals surface area contributed by atoms with Crippen LogP contribution in [0.1, 0.15) is 5.56 Å². The minimum absolute atomic E-state index is 0.135. The summed E-state index contributed by atoms with van der Waals surface area (Å²) >= 11 is 0. The van der Waals surface area contributed by atoms with Crippen LogP contribution in [-0.2, 0) is 6.54 Å². The van der Waals surface area contributed by atoms with Crippen molar-refractivity contribution >= 4 is 5.69 Å². The molecule has 0 amide bonds. The van der Waals surface area contributed by atoms with E-state index in [1.807, 2.05) is 24.3 Å². The Morgan fingerprint density at radius 1 is 1.39 bits per heavy atom. The van der Waals surface area contributed by atoms with Crippen LogP contribution < -0.4 is 15.6 Å². The van der Waals surface area contributed by atoms with Gasteiger partial charge in [0.2, 0.25) is 0 Å². The summed E-state index contributed by atoms with van der Waals surface area (Å²) in [5.41, 5.74) is 1.55. The predicted molar refractivity (Wildman–Crippen MR) is 70.1 cm³/mol. The second-order valence-corrected chi connectivity index (χ2v) is 3.84. The summed E-state index contributed by atoms with van der Waals surface area (Å²) in [5.74, 6) is 0.771. The van der Waals surface area contributed by atoms with Crippen molar-refractivity contribution in [2.24, 2.45) is 0 Å². The number of aromatic nitrogens is 2. The molecule has 0 saturated carbocycles. The molecular weight excluding hydrogens is 230 g/mol. The van der Waals surface area contributed by atoms with Gasteiger partial charge in [0.05, 0.1) is 25.5 Å². The highest BCUT2D eigenvalue weighted by atomic mass is 16.5. The standard InChI is InChI=1S/C13H15N3O2/c1-14-11-7-13(17)16(15-8-11)9-10-4-3-5-12(6-10)18-2/h3-8,14H,9H2,1-2H3. The van der Waals surface area contributed by atoms with Gasteiger partial charge in [-0.15, -0.1) is 0 Å². The number of hydrogen-bond acceptors (Lipinski definition) is 4. The lowest BCUT2D eigenvalue weighted by Gasteiger charge is -2.07. The van der Waals surface area contributed by atoms with E-state index in [9.17, 15) is 4.79 Å². The number of nitrogens with one attached hydrogen (secondary N) is 1. The topological polar surface area (TPSA) is 56.1 Å². The fourth-order valence-corrected chi connectivity index (χ4v) is 1.63. The zero-order valence-corrected chi connectivity index (χ0v) is 10.4. The molecule has 0 saturated heterocycles. The van der Waals surface area contributed by atoms with Crippen LogP contribution in [0.2, 0.25) is 0 Å². The van der Waals surface area contributed by atoms with Crippen molar-refractivity contribution < 1.29 is 4.74 Å². The lowest BCUT2D eigenvalue weighted by molar-refractivity contribution is 0.414. The Kier molecular flexibility index (Phi) is 3.62. The van der Waals surface area contributed by atoms with Crippen molar-refractivity contribution in [2.75, 3.05) is 19.5 Å². The van der Waals surface area contributed by atoms with Gasteiger partial charge < -0.3 is 10.1 Å². The normalized spacial score (nSPS) is 10.1. The highest BCUT2D eigenvalue weighted by molar-refractivity contribution is 5.37. The van der Waals surface area contributed by atoms with Gasteiger partial charge in [0.15, 0.2) is 0 Å². The number of methoxy groups -OCH3 is 1. The highest BCUT2D eigenvalue weighted by Gasteiger charge is 2.01. The van der Waals surface area contributed by atoms with Crippen molar-refractivity contribution in [3.63, 3.8) is 0 Å². The van der Waals surface area contributed by atoms with Gasteiger partial charge in [-0.05, 0) is 17.7 Å². The first-order valence-corrected chi connectivity index (χ1v) is 5.61. The van der Waals surface area contributed by atoms with Gasteiger partial charge >= 0.3 is 0 Å². The lowest BCUT2D eigenvalue weighted by atomic mass is 10.2. The van der Waals surface area contributed by atoms with Gasteiger partial charge in [0.1, 0.15) is 5.75 Å². The van der Waals surface area contributed by atoms with Crippen LogP contribution in [0, 0.1) is 0 Å². The minimum Gasteiger partial charge on any atom is -0.497 e. The summed E-state index contributed by atoms with van der Waals surface area (Å²) in [4.78, 5) is 11.8. The minimum atomic E-state index is -0.135. The SMILES string of the molecule is CNc1cnn(Cc2cccc(OC)c2)c(=O)c1. The number of hydrogen-bond donors (Lipinski definition) is 1. The third-order valence-corrected chi connectivity index (χ3v) is 2.62. The molecule has 1 N–H and O–H groups in total. The second kappa shape index (κ2) is 5.35. The van der Waals surface area contributed by atoms with Crippen molar-refractivity contribution in [3.8, 4) is 5.75 Å². The smallest absolute Gasteiger partial charge is 0.269 e. The summed E-state index contributed by atoms with van der Waals surface area (Å²) in [6.07, 6.45) is 1.63. The maximum absolute atomic E-state index is 11.8. The van der Waals surface area contributed by atoms with E-state index < -0.39 is 0 Å². The molecule has 94 valence electrons. The van der Waals surface area contributed by atoms with Gasteiger partial charge in [0, 0.05) is 13.1 Å². The van der Waals surface area contributed by atoms with Gasteiger partial charge in [-0.1, -0.05) is 12.1 Å². The Morgan fingerprint density at radius 2 is 2.22 bits per heavy atom. The molecule has 2 aromatic rings. The van der Waals surface area contributed by atoms with Crippen molar-refractivity contribution in [1.29, 1.82) is 0 Å². The average molecular weight is 245 g/mol. The molecule has 5 nitrogen and oxygen atoms in total. The van der Waals surface area contributed by atoms with E-state index in [0.717, 1.165) is 11.3 Å². The first-order chi connectivity index (χ1) is 8.72. The largest absolute Gasteiger partial charge is 0.497 e. The Balaban J connectivity index is 2.25. The van der Waals surface area contributed by atoms with E-state index in [1.54, 1.807) is 20.4 Å². The highest BCUT2D eigenvalue weighted by Crippen LogP contribution is 2.12. The van der Waals surface area contributed by atoms with Gasteiger partial charge in [-0.25, -0.2) is 4.68 Å². The van der Waals surface area contributed by atoms with E-state index in [-0.39, 0.29) is 5.56 Å². The summed E-state index contributed by atoms with van der Waals surface area (Å²) in [6.45, 7) is 0.431. The number of rotatable bonds is 4. The molecule has 18 heavy (non-hydrogen) atoms. The fraction of sp³-hybridized carbons (Fsp3) is 0.231. The molecule has 1 aromatic carbocycles. The lowest BCUT2D eigenvalue weighted by Crippen LogP contribution is -2.22. The molecular formula is C13H15N3O2. The van der Waals surface area contributed by atoms with Crippen LogP contribution in [0.3, 0.4) is 0 Å². The first-order valence-electron chi connectivity index (χ1n) is 5.61. The van der Waals surface area contributed by atoms with Crippen molar-refractivity contribution in [3.05, 3.63) is 52.4 Å². The second-order valence-electron chi connectivity index (χ2n) is 3.84. The quantitative estimate of drug-likeness (QED) is 0.883. The van der Waals surface area contributed by atoms with E-state index in [0.29, 0.717) is 12.2 Å². The fourth-order valence-electron chi connectivity index (χ4n) is 1.63. The Morgan fingerprint density at radius 3 is 2.89 bits per heavy atom. The molecule has 0 fully saturated rings. The van der Waals surface area contributed by atoms with Crippen LogP contribution >= 0.6 is 0 Å². The van der Waals surface area contributed by atoms with Crippen LogP contribution in [0.5, 0.6) is 5.75 Å². The monoisotopic (exact) mass is 245 g/mol. The predicted octanol–water partition coefficient (Wildman–Crippen LogP) is 1.34. The van der Waals surface area contributed by atoms with E-state index >= 15 is 0 Å². The molecule has 0 bridgehead atoms. The Labute approximate surface area is 105 Å². The molecule has 0 spiro atoms. The zero-order chi connectivity index (χ0) is 13.0. The maximum Gasteiger partial charge on any atom is 0.269 e. The molecule has 0 radical (unpaired) electrons. The molecule has 0 aliphatic heterocycles. The molecule has 2 rings (SSSR count). The summed E-state index contributed by atoms with van der Waals surface area (Å²) in [5, 5.41) is 6.98. The summed E-state index contributed by atoms with van der Waals surface area (Å²) in [6, 6.07) is 9.10. The van der Waals surface area contributed by atoms with Gasteiger partial charge in [-0.3, -0.25) is 4.79 Å². The van der Waals surface area contributed by atoms with Crippen LogP contribution in [0.15, 0.2) is 41.3 Å². The third-order valence-electron chi connectivity index (χ3n) is 2.62.